The molecular formula is C16H11F3N4O2. The van der Waals surface area contributed by atoms with Crippen molar-refractivity contribution in [2.24, 2.45) is 0 Å². The number of alkyl halides is 3. The number of aromatic nitrogens is 4. The third-order valence-corrected chi connectivity index (χ3v) is 4.03. The van der Waals surface area contributed by atoms with E-state index in [0.717, 1.165) is 25.0 Å². The molecule has 0 aliphatic heterocycles. The third kappa shape index (κ3) is 2.81. The SMILES string of the molecule is O=C(c1ccc(-n2cncn2)cc1C(F)(F)F)c1cnoc1C1CC1. The van der Waals surface area contributed by atoms with Gasteiger partial charge in [0, 0.05) is 11.5 Å². The molecule has 2 heterocycles. The van der Waals surface area contributed by atoms with Gasteiger partial charge in [-0.15, -0.1) is 0 Å². The van der Waals surface area contributed by atoms with Crippen molar-refractivity contribution in [1.29, 1.82) is 0 Å². The lowest BCUT2D eigenvalue weighted by molar-refractivity contribution is -0.137. The predicted octanol–water partition coefficient (Wildman–Crippen LogP) is 3.38. The first-order chi connectivity index (χ1) is 11.9. The van der Waals surface area contributed by atoms with Crippen LogP contribution < -0.4 is 0 Å². The first-order valence-corrected chi connectivity index (χ1v) is 7.50. The summed E-state index contributed by atoms with van der Waals surface area (Å²) in [5.74, 6) is -0.329. The van der Waals surface area contributed by atoms with Crippen LogP contribution in [0.25, 0.3) is 5.69 Å². The number of carbonyl (C=O) groups excluding carboxylic acids is 1. The van der Waals surface area contributed by atoms with Crippen LogP contribution in [0.2, 0.25) is 0 Å². The Morgan fingerprint density at radius 2 is 2.04 bits per heavy atom. The van der Waals surface area contributed by atoms with Crippen LogP contribution in [0, 0.1) is 0 Å². The fourth-order valence-electron chi connectivity index (χ4n) is 2.65. The number of benzene rings is 1. The van der Waals surface area contributed by atoms with E-state index in [1.807, 2.05) is 0 Å². The van der Waals surface area contributed by atoms with Crippen LogP contribution in [0.15, 0.2) is 41.6 Å². The van der Waals surface area contributed by atoms with Gasteiger partial charge in [0.15, 0.2) is 11.5 Å². The Morgan fingerprint density at radius 3 is 2.68 bits per heavy atom. The Morgan fingerprint density at radius 1 is 1.24 bits per heavy atom. The highest BCUT2D eigenvalue weighted by molar-refractivity contribution is 6.10. The number of carbonyl (C=O) groups is 1. The summed E-state index contributed by atoms with van der Waals surface area (Å²) in [6.45, 7) is 0. The summed E-state index contributed by atoms with van der Waals surface area (Å²) >= 11 is 0. The van der Waals surface area contributed by atoms with E-state index in [0.29, 0.717) is 5.76 Å². The van der Waals surface area contributed by atoms with Crippen molar-refractivity contribution >= 4 is 5.78 Å². The Kier molecular flexibility index (Phi) is 3.45. The summed E-state index contributed by atoms with van der Waals surface area (Å²) in [5, 5.41) is 7.39. The summed E-state index contributed by atoms with van der Waals surface area (Å²) in [6.07, 6.45) is 0.660. The van der Waals surface area contributed by atoms with Crippen LogP contribution in [-0.2, 0) is 6.18 Å². The minimum Gasteiger partial charge on any atom is -0.360 e. The molecule has 128 valence electrons. The second kappa shape index (κ2) is 5.54. The molecule has 0 amide bonds. The van der Waals surface area contributed by atoms with Crippen molar-refractivity contribution < 1.29 is 22.5 Å². The van der Waals surface area contributed by atoms with Crippen molar-refractivity contribution in [2.75, 3.05) is 0 Å². The first kappa shape index (κ1) is 15.6. The second-order valence-corrected chi connectivity index (χ2v) is 5.77. The van der Waals surface area contributed by atoms with E-state index in [-0.39, 0.29) is 17.2 Å². The zero-order valence-electron chi connectivity index (χ0n) is 12.7. The van der Waals surface area contributed by atoms with Gasteiger partial charge in [-0.3, -0.25) is 4.79 Å². The highest BCUT2D eigenvalue weighted by Gasteiger charge is 2.38. The third-order valence-electron chi connectivity index (χ3n) is 4.03. The maximum Gasteiger partial charge on any atom is 0.417 e. The van der Waals surface area contributed by atoms with Crippen molar-refractivity contribution in [3.8, 4) is 5.69 Å². The van der Waals surface area contributed by atoms with E-state index in [4.69, 9.17) is 4.52 Å². The molecule has 2 aromatic heterocycles. The van der Waals surface area contributed by atoms with Crippen LogP contribution in [0.4, 0.5) is 13.2 Å². The number of halogens is 3. The van der Waals surface area contributed by atoms with Crippen LogP contribution in [0.3, 0.4) is 0 Å². The fourth-order valence-corrected chi connectivity index (χ4v) is 2.65. The van der Waals surface area contributed by atoms with Crippen molar-refractivity contribution in [3.63, 3.8) is 0 Å². The highest BCUT2D eigenvalue weighted by atomic mass is 19.4. The van der Waals surface area contributed by atoms with E-state index in [1.165, 1.54) is 29.6 Å². The Balaban J connectivity index is 1.80. The largest absolute Gasteiger partial charge is 0.417 e. The summed E-state index contributed by atoms with van der Waals surface area (Å²) in [6, 6.07) is 3.42. The number of hydrogen-bond acceptors (Lipinski definition) is 5. The zero-order valence-corrected chi connectivity index (χ0v) is 12.7. The van der Waals surface area contributed by atoms with E-state index in [2.05, 4.69) is 15.2 Å². The topological polar surface area (TPSA) is 73.8 Å². The average Bonchev–Trinajstić information content (AvgIpc) is 3.10. The minimum absolute atomic E-state index is 0.0604. The van der Waals surface area contributed by atoms with Crippen LogP contribution in [0.5, 0.6) is 0 Å². The smallest absolute Gasteiger partial charge is 0.360 e. The lowest BCUT2D eigenvalue weighted by Gasteiger charge is -2.13. The number of rotatable bonds is 4. The molecular weight excluding hydrogens is 337 g/mol. The average molecular weight is 348 g/mol. The number of nitrogens with zero attached hydrogens (tertiary/aromatic N) is 4. The molecule has 4 rings (SSSR count). The molecule has 0 spiro atoms. The quantitative estimate of drug-likeness (QED) is 0.676. The molecule has 0 bridgehead atoms. The van der Waals surface area contributed by atoms with E-state index < -0.39 is 23.1 Å². The van der Waals surface area contributed by atoms with Gasteiger partial charge >= 0.3 is 6.18 Å². The van der Waals surface area contributed by atoms with Gasteiger partial charge in [-0.25, -0.2) is 9.67 Å². The van der Waals surface area contributed by atoms with Crippen molar-refractivity contribution in [3.05, 3.63) is 59.5 Å². The van der Waals surface area contributed by atoms with Gasteiger partial charge in [0.05, 0.1) is 23.0 Å². The summed E-state index contributed by atoms with van der Waals surface area (Å²) in [5.41, 5.74) is -1.23. The van der Waals surface area contributed by atoms with Gasteiger partial charge in [-0.05, 0) is 31.0 Å². The zero-order chi connectivity index (χ0) is 17.6. The molecule has 1 aromatic carbocycles. The lowest BCUT2D eigenvalue weighted by atomic mass is 9.97. The normalized spacial score (nSPS) is 14.7. The van der Waals surface area contributed by atoms with Gasteiger partial charge in [-0.1, -0.05) is 5.16 Å². The molecule has 25 heavy (non-hydrogen) atoms. The molecule has 6 nitrogen and oxygen atoms in total. The molecule has 1 aliphatic rings. The van der Waals surface area contributed by atoms with Gasteiger partial charge < -0.3 is 4.52 Å². The van der Waals surface area contributed by atoms with E-state index >= 15 is 0 Å². The van der Waals surface area contributed by atoms with E-state index in [9.17, 15) is 18.0 Å². The van der Waals surface area contributed by atoms with Crippen LogP contribution in [0.1, 0.15) is 46.0 Å². The predicted molar refractivity (Wildman–Crippen MR) is 78.3 cm³/mol. The van der Waals surface area contributed by atoms with Crippen molar-refractivity contribution in [1.82, 2.24) is 19.9 Å². The van der Waals surface area contributed by atoms with E-state index in [1.54, 1.807) is 0 Å². The maximum absolute atomic E-state index is 13.5. The molecule has 0 N–H and O–H groups in total. The Hall–Kier alpha value is -2.97. The molecule has 9 heteroatoms. The van der Waals surface area contributed by atoms with Crippen LogP contribution in [-0.4, -0.2) is 25.7 Å². The highest BCUT2D eigenvalue weighted by Crippen LogP contribution is 2.42. The molecule has 1 aliphatic carbocycles. The van der Waals surface area contributed by atoms with Crippen molar-refractivity contribution in [2.45, 2.75) is 24.9 Å². The van der Waals surface area contributed by atoms with Gasteiger partial charge in [0.25, 0.3) is 0 Å². The fraction of sp³-hybridized carbons (Fsp3) is 0.250. The number of ketones is 1. The maximum atomic E-state index is 13.5. The molecule has 0 radical (unpaired) electrons. The Bertz CT molecular complexity index is 927. The lowest BCUT2D eigenvalue weighted by Crippen LogP contribution is -2.15. The minimum atomic E-state index is -4.70. The summed E-state index contributed by atoms with van der Waals surface area (Å²) in [4.78, 5) is 16.4. The molecule has 0 saturated heterocycles. The second-order valence-electron chi connectivity index (χ2n) is 5.77. The number of hydrogen-bond donors (Lipinski definition) is 0. The molecule has 1 saturated carbocycles. The van der Waals surface area contributed by atoms with Gasteiger partial charge in [-0.2, -0.15) is 18.3 Å². The molecule has 3 aromatic rings. The standard InChI is InChI=1S/C16H11F3N4O2/c17-16(18,19)13-5-10(23-8-20-7-21-23)3-4-11(13)14(24)12-6-22-25-15(12)9-1-2-9/h3-9H,1-2H2. The monoisotopic (exact) mass is 348 g/mol. The molecule has 1 fully saturated rings. The van der Waals surface area contributed by atoms with Gasteiger partial charge in [0.2, 0.25) is 0 Å². The first-order valence-electron chi connectivity index (χ1n) is 7.50. The molecule has 0 atom stereocenters. The summed E-state index contributed by atoms with van der Waals surface area (Å²) in [7, 11) is 0. The molecule has 0 unspecified atom stereocenters. The summed E-state index contributed by atoms with van der Waals surface area (Å²) < 4.78 is 46.8. The Labute approximate surface area is 139 Å². The van der Waals surface area contributed by atoms with Crippen LogP contribution >= 0.6 is 0 Å². The van der Waals surface area contributed by atoms with Gasteiger partial charge in [0.1, 0.15) is 12.7 Å².